The predicted octanol–water partition coefficient (Wildman–Crippen LogP) is 1.80. The number of carbonyl (C=O) groups excluding carboxylic acids is 2. The van der Waals surface area contributed by atoms with Crippen molar-refractivity contribution >= 4 is 11.9 Å². The van der Waals surface area contributed by atoms with Gasteiger partial charge in [0, 0.05) is 20.6 Å². The molecule has 26 heavy (non-hydrogen) atoms. The molecule has 0 saturated heterocycles. The van der Waals surface area contributed by atoms with Gasteiger partial charge in [0.05, 0.1) is 0 Å². The fourth-order valence-electron chi connectivity index (χ4n) is 2.78. The normalized spacial score (nSPS) is 13.9. The van der Waals surface area contributed by atoms with E-state index in [1.54, 1.807) is 14.1 Å². The van der Waals surface area contributed by atoms with Crippen molar-refractivity contribution in [1.29, 1.82) is 0 Å². The first kappa shape index (κ1) is 19.9. The maximum atomic E-state index is 12.2. The summed E-state index contributed by atoms with van der Waals surface area (Å²) in [7, 11) is 3.38. The zero-order valence-electron chi connectivity index (χ0n) is 16.0. The summed E-state index contributed by atoms with van der Waals surface area (Å²) >= 11 is 0. The van der Waals surface area contributed by atoms with E-state index in [1.807, 2.05) is 32.0 Å². The molecule has 0 aliphatic carbocycles. The van der Waals surface area contributed by atoms with Crippen molar-refractivity contribution < 1.29 is 19.1 Å². The average Bonchev–Trinajstić information content (AvgIpc) is 2.60. The lowest BCUT2D eigenvalue weighted by Crippen LogP contribution is -2.50. The summed E-state index contributed by atoms with van der Waals surface area (Å²) in [4.78, 5) is 25.9. The molecule has 2 N–H and O–H groups in total. The molecule has 144 valence electrons. The second-order valence-electron chi connectivity index (χ2n) is 7.04. The molecule has 0 unspecified atom stereocenters. The number of nitrogens with one attached hydrogen (secondary N) is 2. The van der Waals surface area contributed by atoms with Crippen LogP contribution in [-0.4, -0.2) is 56.7 Å². The zero-order valence-corrected chi connectivity index (χ0v) is 16.0. The Labute approximate surface area is 155 Å². The number of rotatable bonds is 7. The molecule has 1 aromatic carbocycles. The third kappa shape index (κ3) is 5.82. The molecule has 0 bridgehead atoms. The van der Waals surface area contributed by atoms with E-state index in [9.17, 15) is 9.59 Å². The molecular formula is C19H29N3O4. The van der Waals surface area contributed by atoms with Crippen molar-refractivity contribution in [3.05, 3.63) is 23.8 Å². The molecular weight excluding hydrogens is 334 g/mol. The van der Waals surface area contributed by atoms with Gasteiger partial charge in [0.2, 0.25) is 5.91 Å². The lowest BCUT2D eigenvalue weighted by molar-refractivity contribution is -0.131. The summed E-state index contributed by atoms with van der Waals surface area (Å²) < 4.78 is 11.1. The Balaban J connectivity index is 1.82. The van der Waals surface area contributed by atoms with Gasteiger partial charge < -0.3 is 25.0 Å². The second kappa shape index (κ2) is 9.31. The van der Waals surface area contributed by atoms with Gasteiger partial charge in [-0.1, -0.05) is 19.9 Å². The topological polar surface area (TPSA) is 79.9 Å². The summed E-state index contributed by atoms with van der Waals surface area (Å²) in [6.07, 6.45) is 1.27. The Morgan fingerprint density at radius 2 is 1.85 bits per heavy atom. The minimum Gasteiger partial charge on any atom is -0.486 e. The van der Waals surface area contributed by atoms with Gasteiger partial charge in [-0.25, -0.2) is 4.79 Å². The van der Waals surface area contributed by atoms with E-state index in [4.69, 9.17) is 9.47 Å². The maximum Gasteiger partial charge on any atom is 0.315 e. The molecule has 1 aliphatic heterocycles. The Morgan fingerprint density at radius 1 is 1.15 bits per heavy atom. The number of amides is 3. The van der Waals surface area contributed by atoms with E-state index in [-0.39, 0.29) is 11.9 Å². The third-order valence-electron chi connectivity index (χ3n) is 4.06. The van der Waals surface area contributed by atoms with Gasteiger partial charge in [-0.05, 0) is 36.5 Å². The second-order valence-corrected chi connectivity index (χ2v) is 7.04. The Hall–Kier alpha value is -2.44. The highest BCUT2D eigenvalue weighted by Gasteiger charge is 2.23. The van der Waals surface area contributed by atoms with Crippen molar-refractivity contribution in [3.63, 3.8) is 0 Å². The largest absolute Gasteiger partial charge is 0.486 e. The van der Waals surface area contributed by atoms with Gasteiger partial charge in [-0.3, -0.25) is 4.79 Å². The molecule has 0 fully saturated rings. The number of carbonyl (C=O) groups is 2. The minimum absolute atomic E-state index is 0.0966. The summed E-state index contributed by atoms with van der Waals surface area (Å²) in [5, 5.41) is 5.60. The SMILES string of the molecule is CC(C)C[C@H](NC(=O)NCCc1ccc2c(c1)OCCO2)C(=O)N(C)C. The average molecular weight is 363 g/mol. The summed E-state index contributed by atoms with van der Waals surface area (Å²) in [6, 6.07) is 4.94. The fourth-order valence-corrected chi connectivity index (χ4v) is 2.78. The highest BCUT2D eigenvalue weighted by molar-refractivity contribution is 5.86. The Morgan fingerprint density at radius 3 is 2.50 bits per heavy atom. The fraction of sp³-hybridized carbons (Fsp3) is 0.579. The lowest BCUT2D eigenvalue weighted by atomic mass is 10.0. The van der Waals surface area contributed by atoms with Crippen LogP contribution in [0.15, 0.2) is 18.2 Å². The molecule has 0 saturated carbocycles. The van der Waals surface area contributed by atoms with Crippen LogP contribution < -0.4 is 20.1 Å². The van der Waals surface area contributed by atoms with Gasteiger partial charge in [0.1, 0.15) is 19.3 Å². The van der Waals surface area contributed by atoms with Gasteiger partial charge in [0.15, 0.2) is 11.5 Å². The van der Waals surface area contributed by atoms with E-state index < -0.39 is 6.04 Å². The number of nitrogens with zero attached hydrogens (tertiary/aromatic N) is 1. The lowest BCUT2D eigenvalue weighted by Gasteiger charge is -2.23. The van der Waals surface area contributed by atoms with Crippen molar-refractivity contribution in [2.45, 2.75) is 32.7 Å². The van der Waals surface area contributed by atoms with Crippen molar-refractivity contribution in [2.75, 3.05) is 33.9 Å². The number of urea groups is 1. The zero-order chi connectivity index (χ0) is 19.1. The number of likely N-dealkylation sites (N-methyl/N-ethyl adjacent to an activating group) is 1. The minimum atomic E-state index is -0.515. The van der Waals surface area contributed by atoms with Crippen LogP contribution >= 0.6 is 0 Å². The van der Waals surface area contributed by atoms with Crippen LogP contribution in [-0.2, 0) is 11.2 Å². The monoisotopic (exact) mass is 363 g/mol. The quantitative estimate of drug-likeness (QED) is 0.774. The maximum absolute atomic E-state index is 12.2. The van der Waals surface area contributed by atoms with E-state index in [1.165, 1.54) is 4.90 Å². The number of hydrogen-bond acceptors (Lipinski definition) is 4. The summed E-state index contributed by atoms with van der Waals surface area (Å²) in [5.41, 5.74) is 1.05. The third-order valence-corrected chi connectivity index (χ3v) is 4.06. The first-order valence-electron chi connectivity index (χ1n) is 9.01. The number of fused-ring (bicyclic) bond motifs is 1. The van der Waals surface area contributed by atoms with Crippen LogP contribution in [0, 0.1) is 5.92 Å². The standard InChI is InChI=1S/C19H29N3O4/c1-13(2)11-15(18(23)22(3)4)21-19(24)20-8-7-14-5-6-16-17(12-14)26-10-9-25-16/h5-6,12-13,15H,7-11H2,1-4H3,(H2,20,21,24)/t15-/m0/s1. The highest BCUT2D eigenvalue weighted by atomic mass is 16.6. The van der Waals surface area contributed by atoms with E-state index >= 15 is 0 Å². The molecule has 1 atom stereocenters. The molecule has 1 aliphatic rings. The van der Waals surface area contributed by atoms with Crippen LogP contribution in [0.4, 0.5) is 4.79 Å². The van der Waals surface area contributed by atoms with Crippen LogP contribution in [0.25, 0.3) is 0 Å². The first-order chi connectivity index (χ1) is 12.4. The molecule has 0 spiro atoms. The molecule has 3 amide bonds. The summed E-state index contributed by atoms with van der Waals surface area (Å²) in [5.74, 6) is 1.71. The van der Waals surface area contributed by atoms with E-state index in [0.29, 0.717) is 38.5 Å². The van der Waals surface area contributed by atoms with Gasteiger partial charge >= 0.3 is 6.03 Å². The Kier molecular flexibility index (Phi) is 7.12. The van der Waals surface area contributed by atoms with Crippen LogP contribution in [0.1, 0.15) is 25.8 Å². The van der Waals surface area contributed by atoms with Crippen molar-refractivity contribution in [2.24, 2.45) is 5.92 Å². The molecule has 1 aromatic rings. The number of benzene rings is 1. The van der Waals surface area contributed by atoms with Gasteiger partial charge in [-0.15, -0.1) is 0 Å². The van der Waals surface area contributed by atoms with E-state index in [0.717, 1.165) is 17.1 Å². The van der Waals surface area contributed by atoms with Gasteiger partial charge in [-0.2, -0.15) is 0 Å². The number of hydrogen-bond donors (Lipinski definition) is 2. The molecule has 2 rings (SSSR count). The molecule has 0 aromatic heterocycles. The summed E-state index contributed by atoms with van der Waals surface area (Å²) in [6.45, 7) is 5.64. The first-order valence-corrected chi connectivity index (χ1v) is 9.01. The Bertz CT molecular complexity index is 631. The van der Waals surface area contributed by atoms with Crippen molar-refractivity contribution in [3.8, 4) is 11.5 Å². The molecule has 1 heterocycles. The molecule has 7 heteroatoms. The van der Waals surface area contributed by atoms with Gasteiger partial charge in [0.25, 0.3) is 0 Å². The van der Waals surface area contributed by atoms with Crippen LogP contribution in [0.3, 0.4) is 0 Å². The van der Waals surface area contributed by atoms with E-state index in [2.05, 4.69) is 10.6 Å². The van der Waals surface area contributed by atoms with Crippen molar-refractivity contribution in [1.82, 2.24) is 15.5 Å². The number of ether oxygens (including phenoxy) is 2. The molecule has 0 radical (unpaired) electrons. The van der Waals surface area contributed by atoms with Crippen LogP contribution in [0.5, 0.6) is 11.5 Å². The smallest absolute Gasteiger partial charge is 0.315 e. The highest BCUT2D eigenvalue weighted by Crippen LogP contribution is 2.30. The predicted molar refractivity (Wildman–Crippen MR) is 99.6 cm³/mol. The molecule has 7 nitrogen and oxygen atoms in total. The van der Waals surface area contributed by atoms with Crippen LogP contribution in [0.2, 0.25) is 0 Å².